The van der Waals surface area contributed by atoms with Gasteiger partial charge in [-0.15, -0.1) is 0 Å². The fraction of sp³-hybridized carbons (Fsp3) is 1.00. The molecule has 0 spiro atoms. The maximum absolute atomic E-state index is 5.49. The Morgan fingerprint density at radius 3 is 3.00 bits per heavy atom. The fourth-order valence-electron chi connectivity index (χ4n) is 1.92. The summed E-state index contributed by atoms with van der Waals surface area (Å²) in [5, 5.41) is 0.941. The van der Waals surface area contributed by atoms with Gasteiger partial charge in [-0.1, -0.05) is 0 Å². The van der Waals surface area contributed by atoms with Crippen LogP contribution >= 0.6 is 11.8 Å². The predicted molar refractivity (Wildman–Crippen MR) is 45.3 cm³/mol. The van der Waals surface area contributed by atoms with Crippen molar-refractivity contribution < 1.29 is 0 Å². The summed E-state index contributed by atoms with van der Waals surface area (Å²) in [5.41, 5.74) is 5.49. The van der Waals surface area contributed by atoms with Gasteiger partial charge in [-0.2, -0.15) is 11.8 Å². The number of fused-ring (bicyclic) bond motifs is 2. The summed E-state index contributed by atoms with van der Waals surface area (Å²) in [6.07, 6.45) is 1.42. The number of nitrogens with zero attached hydrogens (tertiary/aromatic N) is 1. The topological polar surface area (TPSA) is 29.3 Å². The van der Waals surface area contributed by atoms with E-state index in [4.69, 9.17) is 5.73 Å². The summed E-state index contributed by atoms with van der Waals surface area (Å²) in [5.74, 6) is 1.35. The SMILES string of the molecule is NCCN1CC2CC1CS2. The minimum Gasteiger partial charge on any atom is -0.329 e. The average Bonchev–Trinajstić information content (AvgIpc) is 2.48. The van der Waals surface area contributed by atoms with Gasteiger partial charge in [0, 0.05) is 36.7 Å². The van der Waals surface area contributed by atoms with Gasteiger partial charge in [0.05, 0.1) is 0 Å². The lowest BCUT2D eigenvalue weighted by Crippen LogP contribution is -2.37. The molecule has 2 atom stereocenters. The maximum atomic E-state index is 5.49. The molecule has 0 aliphatic carbocycles. The molecule has 2 bridgehead atoms. The zero-order valence-electron chi connectivity index (χ0n) is 6.12. The normalized spacial score (nSPS) is 39.3. The molecule has 2 nitrogen and oxygen atoms in total. The van der Waals surface area contributed by atoms with Crippen LogP contribution in [0.1, 0.15) is 6.42 Å². The van der Waals surface area contributed by atoms with Gasteiger partial charge in [-0.25, -0.2) is 0 Å². The third kappa shape index (κ3) is 1.06. The molecule has 2 saturated heterocycles. The molecule has 0 radical (unpaired) electrons. The van der Waals surface area contributed by atoms with Gasteiger partial charge in [0.2, 0.25) is 0 Å². The Bertz CT molecular complexity index is 129. The first kappa shape index (κ1) is 6.95. The van der Waals surface area contributed by atoms with E-state index in [0.717, 1.165) is 24.4 Å². The van der Waals surface area contributed by atoms with E-state index in [2.05, 4.69) is 16.7 Å². The first-order valence-corrected chi connectivity index (χ1v) is 5.01. The van der Waals surface area contributed by atoms with Crippen LogP contribution in [0.4, 0.5) is 0 Å². The monoisotopic (exact) mass is 158 g/mol. The van der Waals surface area contributed by atoms with Crippen molar-refractivity contribution in [3.8, 4) is 0 Å². The fourth-order valence-corrected chi connectivity index (χ4v) is 3.42. The van der Waals surface area contributed by atoms with Crippen molar-refractivity contribution in [1.29, 1.82) is 0 Å². The van der Waals surface area contributed by atoms with Gasteiger partial charge in [-0.3, -0.25) is 4.90 Å². The number of nitrogens with two attached hydrogens (primary N) is 1. The van der Waals surface area contributed by atoms with Crippen LogP contribution in [0.15, 0.2) is 0 Å². The summed E-state index contributed by atoms with van der Waals surface area (Å²) in [7, 11) is 0. The molecule has 3 heteroatoms. The van der Waals surface area contributed by atoms with Crippen LogP contribution in [0.3, 0.4) is 0 Å². The Morgan fingerprint density at radius 1 is 1.60 bits per heavy atom. The van der Waals surface area contributed by atoms with E-state index in [9.17, 15) is 0 Å². The summed E-state index contributed by atoms with van der Waals surface area (Å²) >= 11 is 2.14. The molecule has 2 aliphatic rings. The van der Waals surface area contributed by atoms with Crippen molar-refractivity contribution in [1.82, 2.24) is 4.90 Å². The van der Waals surface area contributed by atoms with E-state index in [1.54, 1.807) is 0 Å². The van der Waals surface area contributed by atoms with Crippen molar-refractivity contribution in [2.45, 2.75) is 17.7 Å². The van der Waals surface area contributed by atoms with Crippen LogP contribution < -0.4 is 5.73 Å². The lowest BCUT2D eigenvalue weighted by atomic mass is 10.2. The highest BCUT2D eigenvalue weighted by Gasteiger charge is 2.37. The van der Waals surface area contributed by atoms with Crippen LogP contribution in [0.5, 0.6) is 0 Å². The second-order valence-electron chi connectivity index (χ2n) is 3.13. The number of thioether (sulfide) groups is 1. The van der Waals surface area contributed by atoms with Crippen molar-refractivity contribution in [2.75, 3.05) is 25.4 Å². The van der Waals surface area contributed by atoms with Gasteiger partial charge >= 0.3 is 0 Å². The van der Waals surface area contributed by atoms with Crippen LogP contribution in [-0.2, 0) is 0 Å². The van der Waals surface area contributed by atoms with E-state index in [-0.39, 0.29) is 0 Å². The van der Waals surface area contributed by atoms with Crippen molar-refractivity contribution in [2.24, 2.45) is 5.73 Å². The van der Waals surface area contributed by atoms with Crippen molar-refractivity contribution in [3.05, 3.63) is 0 Å². The smallest absolute Gasteiger partial charge is 0.0198 e. The Labute approximate surface area is 66.1 Å². The minimum atomic E-state index is 0.827. The Balaban J connectivity index is 1.90. The number of rotatable bonds is 2. The Morgan fingerprint density at radius 2 is 2.50 bits per heavy atom. The van der Waals surface area contributed by atoms with Crippen molar-refractivity contribution >= 4 is 11.8 Å². The largest absolute Gasteiger partial charge is 0.329 e. The number of likely N-dealkylation sites (tertiary alicyclic amines) is 1. The van der Waals surface area contributed by atoms with Crippen LogP contribution in [0.25, 0.3) is 0 Å². The third-order valence-electron chi connectivity index (χ3n) is 2.43. The molecule has 58 valence electrons. The third-order valence-corrected chi connectivity index (χ3v) is 3.82. The molecule has 2 rings (SSSR count). The number of hydrogen-bond acceptors (Lipinski definition) is 3. The highest BCUT2D eigenvalue weighted by Crippen LogP contribution is 2.36. The van der Waals surface area contributed by atoms with Gasteiger partial charge in [-0.05, 0) is 6.42 Å². The lowest BCUT2D eigenvalue weighted by Gasteiger charge is -2.25. The lowest BCUT2D eigenvalue weighted by molar-refractivity contribution is 0.277. The maximum Gasteiger partial charge on any atom is 0.0198 e. The van der Waals surface area contributed by atoms with E-state index in [1.165, 1.54) is 18.7 Å². The molecular formula is C7H14N2S. The van der Waals surface area contributed by atoms with Crippen molar-refractivity contribution in [3.63, 3.8) is 0 Å². The summed E-state index contributed by atoms with van der Waals surface area (Å²) in [6.45, 7) is 3.24. The second kappa shape index (κ2) is 2.72. The molecule has 0 saturated carbocycles. The highest BCUT2D eigenvalue weighted by atomic mass is 32.2. The standard InChI is InChI=1S/C7H14N2S/c8-1-2-9-4-7-3-6(9)5-10-7/h6-7H,1-5,8H2. The zero-order chi connectivity index (χ0) is 6.97. The quantitative estimate of drug-likeness (QED) is 0.619. The van der Waals surface area contributed by atoms with E-state index >= 15 is 0 Å². The predicted octanol–water partition coefficient (Wildman–Crippen LogP) is 0.135. The average molecular weight is 158 g/mol. The molecule has 0 aromatic heterocycles. The second-order valence-corrected chi connectivity index (χ2v) is 4.46. The molecule has 2 aliphatic heterocycles. The molecule has 10 heavy (non-hydrogen) atoms. The Hall–Kier alpha value is 0.270. The molecular weight excluding hydrogens is 144 g/mol. The first-order valence-electron chi connectivity index (χ1n) is 3.96. The molecule has 0 aromatic carbocycles. The van der Waals surface area contributed by atoms with Crippen LogP contribution in [0.2, 0.25) is 0 Å². The summed E-state index contributed by atoms with van der Waals surface area (Å²) in [6, 6.07) is 0.874. The molecule has 0 aromatic rings. The zero-order valence-corrected chi connectivity index (χ0v) is 6.94. The van der Waals surface area contributed by atoms with Gasteiger partial charge in [0.25, 0.3) is 0 Å². The first-order chi connectivity index (χ1) is 4.90. The van der Waals surface area contributed by atoms with E-state index in [1.807, 2.05) is 0 Å². The van der Waals surface area contributed by atoms with Crippen LogP contribution in [-0.4, -0.2) is 41.6 Å². The summed E-state index contributed by atoms with van der Waals surface area (Å²) < 4.78 is 0. The summed E-state index contributed by atoms with van der Waals surface area (Å²) in [4.78, 5) is 2.54. The minimum absolute atomic E-state index is 0.827. The van der Waals surface area contributed by atoms with E-state index < -0.39 is 0 Å². The molecule has 0 amide bonds. The van der Waals surface area contributed by atoms with Gasteiger partial charge in [0.1, 0.15) is 0 Å². The molecule has 2 heterocycles. The van der Waals surface area contributed by atoms with Gasteiger partial charge in [0.15, 0.2) is 0 Å². The van der Waals surface area contributed by atoms with E-state index in [0.29, 0.717) is 0 Å². The highest BCUT2D eigenvalue weighted by molar-refractivity contribution is 8.00. The molecule has 2 unspecified atom stereocenters. The van der Waals surface area contributed by atoms with Gasteiger partial charge < -0.3 is 5.73 Å². The number of hydrogen-bond donors (Lipinski definition) is 1. The van der Waals surface area contributed by atoms with Crippen LogP contribution in [0, 0.1) is 0 Å². The molecule has 2 N–H and O–H groups in total. The Kier molecular flexibility index (Phi) is 1.89. The molecule has 2 fully saturated rings.